The molecule has 0 saturated heterocycles. The standard InChI is InChI=1S/C20H24N2O6S/c1-12(2)14-5-7-15(8-6-14)22-19(23)13(3)28-20(24)17-11-16(29(21,25)26)9-10-18(17)27-4/h5-13H,1-4H3,(H,22,23)(H2,21,25,26)/t13-/m0/s1. The van der Waals surface area contributed by atoms with Crippen LogP contribution in [-0.2, 0) is 19.6 Å². The third-order valence-electron chi connectivity index (χ3n) is 4.22. The quantitative estimate of drug-likeness (QED) is 0.664. The van der Waals surface area contributed by atoms with Crippen LogP contribution >= 0.6 is 0 Å². The van der Waals surface area contributed by atoms with Crippen molar-refractivity contribution in [1.82, 2.24) is 0 Å². The first-order valence-electron chi connectivity index (χ1n) is 8.85. The van der Waals surface area contributed by atoms with Crippen LogP contribution in [0.15, 0.2) is 47.4 Å². The zero-order chi connectivity index (χ0) is 21.8. The zero-order valence-corrected chi connectivity index (χ0v) is 17.4. The highest BCUT2D eigenvalue weighted by Crippen LogP contribution is 2.23. The topological polar surface area (TPSA) is 125 Å². The molecule has 156 valence electrons. The maximum atomic E-state index is 12.5. The van der Waals surface area contributed by atoms with E-state index in [0.29, 0.717) is 11.6 Å². The number of ether oxygens (including phenoxy) is 2. The minimum Gasteiger partial charge on any atom is -0.496 e. The summed E-state index contributed by atoms with van der Waals surface area (Å²) in [6, 6.07) is 10.9. The van der Waals surface area contributed by atoms with E-state index in [1.165, 1.54) is 26.2 Å². The second-order valence-corrected chi connectivity index (χ2v) is 8.28. The summed E-state index contributed by atoms with van der Waals surface area (Å²) in [4.78, 5) is 24.5. The fraction of sp³-hybridized carbons (Fsp3) is 0.300. The summed E-state index contributed by atoms with van der Waals surface area (Å²) in [5.41, 5.74) is 1.54. The largest absolute Gasteiger partial charge is 0.496 e. The van der Waals surface area contributed by atoms with Crippen LogP contribution in [0.25, 0.3) is 0 Å². The molecule has 0 aliphatic carbocycles. The number of hydrogen-bond acceptors (Lipinski definition) is 6. The van der Waals surface area contributed by atoms with Crippen LogP contribution in [0, 0.1) is 0 Å². The number of esters is 1. The van der Waals surface area contributed by atoms with Gasteiger partial charge in [-0.2, -0.15) is 0 Å². The lowest BCUT2D eigenvalue weighted by Crippen LogP contribution is -2.30. The lowest BCUT2D eigenvalue weighted by atomic mass is 10.0. The number of primary sulfonamides is 1. The highest BCUT2D eigenvalue weighted by molar-refractivity contribution is 7.89. The second kappa shape index (κ2) is 9.06. The molecule has 0 unspecified atom stereocenters. The molecular weight excluding hydrogens is 396 g/mol. The molecule has 3 N–H and O–H groups in total. The Morgan fingerprint density at radius 2 is 1.66 bits per heavy atom. The van der Waals surface area contributed by atoms with Gasteiger partial charge in [0.05, 0.1) is 12.0 Å². The van der Waals surface area contributed by atoms with Crippen molar-refractivity contribution in [3.05, 3.63) is 53.6 Å². The molecule has 8 nitrogen and oxygen atoms in total. The maximum absolute atomic E-state index is 12.5. The average molecular weight is 420 g/mol. The van der Waals surface area contributed by atoms with E-state index in [2.05, 4.69) is 19.2 Å². The fourth-order valence-electron chi connectivity index (χ4n) is 2.50. The highest BCUT2D eigenvalue weighted by Gasteiger charge is 2.23. The summed E-state index contributed by atoms with van der Waals surface area (Å²) in [5, 5.41) is 7.76. The molecule has 29 heavy (non-hydrogen) atoms. The lowest BCUT2D eigenvalue weighted by molar-refractivity contribution is -0.123. The van der Waals surface area contributed by atoms with Gasteiger partial charge >= 0.3 is 5.97 Å². The molecule has 0 spiro atoms. The number of rotatable bonds is 7. The molecule has 2 rings (SSSR count). The number of sulfonamides is 1. The molecule has 0 fully saturated rings. The van der Waals surface area contributed by atoms with Crippen LogP contribution in [0.5, 0.6) is 5.75 Å². The minimum absolute atomic E-state index is 0.0966. The van der Waals surface area contributed by atoms with Crippen LogP contribution < -0.4 is 15.2 Å². The number of nitrogens with two attached hydrogens (primary N) is 1. The fourth-order valence-corrected chi connectivity index (χ4v) is 3.04. The molecule has 9 heteroatoms. The van der Waals surface area contributed by atoms with E-state index in [0.717, 1.165) is 11.6 Å². The van der Waals surface area contributed by atoms with Gasteiger partial charge in [0.2, 0.25) is 10.0 Å². The predicted octanol–water partition coefficient (Wildman–Crippen LogP) is 2.65. The van der Waals surface area contributed by atoms with Crippen molar-refractivity contribution in [3.8, 4) is 5.75 Å². The van der Waals surface area contributed by atoms with E-state index in [4.69, 9.17) is 14.6 Å². The number of anilines is 1. The smallest absolute Gasteiger partial charge is 0.342 e. The molecule has 2 aromatic carbocycles. The van der Waals surface area contributed by atoms with Gasteiger partial charge in [0.1, 0.15) is 11.3 Å². The van der Waals surface area contributed by atoms with Gasteiger partial charge in [-0.25, -0.2) is 18.4 Å². The molecule has 0 radical (unpaired) electrons. The third kappa shape index (κ3) is 5.78. The van der Waals surface area contributed by atoms with Crippen LogP contribution in [0.2, 0.25) is 0 Å². The van der Waals surface area contributed by atoms with Crippen LogP contribution in [0.1, 0.15) is 42.6 Å². The summed E-state index contributed by atoms with van der Waals surface area (Å²) in [6.07, 6.45) is -1.13. The normalized spacial score (nSPS) is 12.3. The molecule has 0 heterocycles. The highest BCUT2D eigenvalue weighted by atomic mass is 32.2. The van der Waals surface area contributed by atoms with Gasteiger partial charge in [-0.05, 0) is 48.7 Å². The van der Waals surface area contributed by atoms with Gasteiger partial charge in [0, 0.05) is 5.69 Å². The molecule has 2 aromatic rings. The summed E-state index contributed by atoms with van der Waals surface area (Å²) in [5.74, 6) is -0.982. The first-order chi connectivity index (χ1) is 13.5. The molecule has 0 aliphatic rings. The molecule has 1 atom stereocenters. The SMILES string of the molecule is COc1ccc(S(N)(=O)=O)cc1C(=O)O[C@@H](C)C(=O)Nc1ccc(C(C)C)cc1. The van der Waals surface area contributed by atoms with Crippen molar-refractivity contribution in [2.75, 3.05) is 12.4 Å². The summed E-state index contributed by atoms with van der Waals surface area (Å²) >= 11 is 0. The van der Waals surface area contributed by atoms with Gasteiger partial charge in [-0.15, -0.1) is 0 Å². The lowest BCUT2D eigenvalue weighted by Gasteiger charge is -2.15. The van der Waals surface area contributed by atoms with E-state index >= 15 is 0 Å². The first kappa shape index (κ1) is 22.4. The molecule has 0 aromatic heterocycles. The minimum atomic E-state index is -4.02. The van der Waals surface area contributed by atoms with Crippen LogP contribution in [0.3, 0.4) is 0 Å². The summed E-state index contributed by atoms with van der Waals surface area (Å²) in [7, 11) is -2.70. The zero-order valence-electron chi connectivity index (χ0n) is 16.6. The Kier molecular flexibility index (Phi) is 6.99. The Bertz CT molecular complexity index is 1000. The number of carbonyl (C=O) groups excluding carboxylic acids is 2. The Morgan fingerprint density at radius 1 is 1.03 bits per heavy atom. The Morgan fingerprint density at radius 3 is 2.17 bits per heavy atom. The second-order valence-electron chi connectivity index (χ2n) is 6.72. The van der Waals surface area contributed by atoms with E-state index in [1.807, 2.05) is 12.1 Å². The van der Waals surface area contributed by atoms with E-state index in [9.17, 15) is 18.0 Å². The first-order valence-corrected chi connectivity index (χ1v) is 10.4. The number of methoxy groups -OCH3 is 1. The van der Waals surface area contributed by atoms with E-state index in [-0.39, 0.29) is 16.2 Å². The number of carbonyl (C=O) groups is 2. The molecule has 0 aliphatic heterocycles. The van der Waals surface area contributed by atoms with Gasteiger partial charge in [0.15, 0.2) is 6.10 Å². The number of hydrogen-bond donors (Lipinski definition) is 2. The van der Waals surface area contributed by atoms with Gasteiger partial charge in [0.25, 0.3) is 5.91 Å². The molecule has 1 amide bonds. The van der Waals surface area contributed by atoms with Crippen molar-refractivity contribution >= 4 is 27.6 Å². The average Bonchev–Trinajstić information content (AvgIpc) is 2.66. The summed E-state index contributed by atoms with van der Waals surface area (Å²) in [6.45, 7) is 5.54. The number of nitrogens with one attached hydrogen (secondary N) is 1. The van der Waals surface area contributed by atoms with E-state index < -0.39 is 28.0 Å². The van der Waals surface area contributed by atoms with Crippen molar-refractivity contribution in [1.29, 1.82) is 0 Å². The van der Waals surface area contributed by atoms with Gasteiger partial charge in [-0.1, -0.05) is 26.0 Å². The van der Waals surface area contributed by atoms with Crippen molar-refractivity contribution in [2.24, 2.45) is 5.14 Å². The predicted molar refractivity (Wildman–Crippen MR) is 108 cm³/mol. The number of benzene rings is 2. The van der Waals surface area contributed by atoms with Crippen molar-refractivity contribution in [2.45, 2.75) is 37.7 Å². The monoisotopic (exact) mass is 420 g/mol. The molecular formula is C20H24N2O6S. The summed E-state index contributed by atoms with van der Waals surface area (Å²) < 4.78 is 33.3. The Balaban J connectivity index is 2.12. The van der Waals surface area contributed by atoms with Crippen molar-refractivity contribution < 1.29 is 27.5 Å². The Hall–Kier alpha value is -2.91. The third-order valence-corrected chi connectivity index (χ3v) is 5.13. The maximum Gasteiger partial charge on any atom is 0.342 e. The molecule has 0 saturated carbocycles. The van der Waals surface area contributed by atoms with Crippen LogP contribution in [-0.4, -0.2) is 33.5 Å². The number of amides is 1. The Labute approximate surface area is 170 Å². The van der Waals surface area contributed by atoms with Gasteiger partial charge < -0.3 is 14.8 Å². The molecule has 0 bridgehead atoms. The van der Waals surface area contributed by atoms with E-state index in [1.54, 1.807) is 12.1 Å². The van der Waals surface area contributed by atoms with Gasteiger partial charge in [-0.3, -0.25) is 4.79 Å². The van der Waals surface area contributed by atoms with Crippen LogP contribution in [0.4, 0.5) is 5.69 Å². The van der Waals surface area contributed by atoms with Crippen molar-refractivity contribution in [3.63, 3.8) is 0 Å².